The third-order valence-corrected chi connectivity index (χ3v) is 2.60. The van der Waals surface area contributed by atoms with Crippen molar-refractivity contribution in [2.45, 2.75) is 12.6 Å². The normalized spacial score (nSPS) is 16.6. The van der Waals surface area contributed by atoms with E-state index in [4.69, 9.17) is 4.74 Å². The van der Waals surface area contributed by atoms with Gasteiger partial charge in [-0.05, 0) is 5.56 Å². The van der Waals surface area contributed by atoms with Crippen LogP contribution in [0.15, 0.2) is 30.3 Å². The molecule has 4 heteroatoms. The molecule has 0 spiro atoms. The first-order valence-electron chi connectivity index (χ1n) is 5.29. The van der Waals surface area contributed by atoms with Crippen molar-refractivity contribution in [3.63, 3.8) is 0 Å². The summed E-state index contributed by atoms with van der Waals surface area (Å²) < 4.78 is 9.43. The van der Waals surface area contributed by atoms with Crippen LogP contribution in [-0.2, 0) is 16.0 Å². The fourth-order valence-corrected chi connectivity index (χ4v) is 1.75. The van der Waals surface area contributed by atoms with Crippen LogP contribution in [-0.4, -0.2) is 37.4 Å². The lowest BCUT2D eigenvalue weighted by Gasteiger charge is -2.37. The molecule has 0 radical (unpaired) electrons. The van der Waals surface area contributed by atoms with Gasteiger partial charge in [0.05, 0.1) is 7.11 Å². The number of carbonyl (C=O) groups is 1. The van der Waals surface area contributed by atoms with Crippen LogP contribution in [0.25, 0.3) is 0 Å². The molecule has 16 heavy (non-hydrogen) atoms. The quantitative estimate of drug-likeness (QED) is 0.727. The Hall–Kier alpha value is -1.55. The minimum absolute atomic E-state index is 0.0174. The minimum Gasteiger partial charge on any atom is -0.438 e. The molecule has 0 amide bonds. The van der Waals surface area contributed by atoms with E-state index in [0.29, 0.717) is 0 Å². The highest BCUT2D eigenvalue weighted by Crippen LogP contribution is 2.15. The molecule has 1 aromatic carbocycles. The Morgan fingerprint density at radius 2 is 2.06 bits per heavy atom. The first kappa shape index (κ1) is 11.0. The summed E-state index contributed by atoms with van der Waals surface area (Å²) in [7, 11) is 1.32. The van der Waals surface area contributed by atoms with Gasteiger partial charge in [-0.1, -0.05) is 30.3 Å². The summed E-state index contributed by atoms with van der Waals surface area (Å²) in [4.78, 5) is 13.0. The molecule has 86 valence electrons. The highest BCUT2D eigenvalue weighted by Gasteiger charge is 2.29. The molecule has 0 bridgehead atoms. The van der Waals surface area contributed by atoms with Gasteiger partial charge in [-0.15, -0.1) is 0 Å². The molecule has 1 aromatic rings. The fourth-order valence-electron chi connectivity index (χ4n) is 1.75. The van der Waals surface area contributed by atoms with E-state index in [1.165, 1.54) is 12.7 Å². The largest absolute Gasteiger partial charge is 0.508 e. The topological polar surface area (TPSA) is 38.8 Å². The van der Waals surface area contributed by atoms with Gasteiger partial charge in [0.25, 0.3) is 0 Å². The van der Waals surface area contributed by atoms with E-state index in [1.54, 1.807) is 0 Å². The number of methoxy groups -OCH3 is 1. The lowest BCUT2D eigenvalue weighted by Crippen LogP contribution is -2.52. The molecule has 0 aliphatic carbocycles. The molecule has 4 nitrogen and oxygen atoms in total. The van der Waals surface area contributed by atoms with E-state index in [1.807, 2.05) is 18.2 Å². The van der Waals surface area contributed by atoms with Gasteiger partial charge < -0.3 is 9.47 Å². The van der Waals surface area contributed by atoms with E-state index < -0.39 is 6.16 Å². The second-order valence-electron chi connectivity index (χ2n) is 3.87. The second kappa shape index (κ2) is 4.99. The van der Waals surface area contributed by atoms with Crippen molar-refractivity contribution in [3.05, 3.63) is 35.9 Å². The first-order valence-corrected chi connectivity index (χ1v) is 5.29. The Morgan fingerprint density at radius 3 is 2.69 bits per heavy atom. The highest BCUT2D eigenvalue weighted by molar-refractivity contribution is 5.59. The smallest absolute Gasteiger partial charge is 0.438 e. The van der Waals surface area contributed by atoms with Crippen molar-refractivity contribution < 1.29 is 14.3 Å². The molecule has 0 saturated carbocycles. The SMILES string of the molecule is COC(=O)OC1CN(Cc2ccccc2)C1. The van der Waals surface area contributed by atoms with Crippen molar-refractivity contribution in [3.8, 4) is 0 Å². The molecule has 0 atom stereocenters. The molecule has 1 fully saturated rings. The highest BCUT2D eigenvalue weighted by atomic mass is 16.7. The van der Waals surface area contributed by atoms with Gasteiger partial charge in [0, 0.05) is 19.6 Å². The van der Waals surface area contributed by atoms with Gasteiger partial charge in [0.15, 0.2) is 0 Å². The number of rotatable bonds is 3. The Kier molecular flexibility index (Phi) is 3.41. The van der Waals surface area contributed by atoms with Crippen molar-refractivity contribution in [2.24, 2.45) is 0 Å². The summed E-state index contributed by atoms with van der Waals surface area (Å²) in [5.74, 6) is 0. The Morgan fingerprint density at radius 1 is 1.38 bits per heavy atom. The molecular formula is C12H15NO3. The van der Waals surface area contributed by atoms with E-state index in [2.05, 4.69) is 21.8 Å². The zero-order valence-electron chi connectivity index (χ0n) is 9.26. The Bertz CT molecular complexity index is 347. The van der Waals surface area contributed by atoms with Crippen molar-refractivity contribution >= 4 is 6.16 Å². The molecule has 1 aliphatic rings. The van der Waals surface area contributed by atoms with Crippen LogP contribution in [0.5, 0.6) is 0 Å². The van der Waals surface area contributed by atoms with Gasteiger partial charge in [0.1, 0.15) is 6.10 Å². The lowest BCUT2D eigenvalue weighted by atomic mass is 10.1. The van der Waals surface area contributed by atoms with Crippen LogP contribution >= 0.6 is 0 Å². The van der Waals surface area contributed by atoms with Crippen LogP contribution in [0.4, 0.5) is 4.79 Å². The van der Waals surface area contributed by atoms with Crippen molar-refractivity contribution in [1.82, 2.24) is 4.90 Å². The van der Waals surface area contributed by atoms with Crippen LogP contribution < -0.4 is 0 Å². The molecule has 1 aliphatic heterocycles. The summed E-state index contributed by atoms with van der Waals surface area (Å²) in [5.41, 5.74) is 1.28. The maximum atomic E-state index is 10.8. The summed E-state index contributed by atoms with van der Waals surface area (Å²) in [6, 6.07) is 10.2. The van der Waals surface area contributed by atoms with E-state index in [9.17, 15) is 4.79 Å². The minimum atomic E-state index is -0.593. The second-order valence-corrected chi connectivity index (χ2v) is 3.87. The third-order valence-electron chi connectivity index (χ3n) is 2.60. The number of ether oxygens (including phenoxy) is 2. The molecule has 2 rings (SSSR count). The fraction of sp³-hybridized carbons (Fsp3) is 0.417. The summed E-state index contributed by atoms with van der Waals surface area (Å²) in [6.45, 7) is 2.47. The van der Waals surface area contributed by atoms with Crippen molar-refractivity contribution in [1.29, 1.82) is 0 Å². The maximum absolute atomic E-state index is 10.8. The van der Waals surface area contributed by atoms with Gasteiger partial charge in [-0.3, -0.25) is 4.90 Å². The monoisotopic (exact) mass is 221 g/mol. The first-order chi connectivity index (χ1) is 7.78. The predicted molar refractivity (Wildman–Crippen MR) is 59.0 cm³/mol. The Balaban J connectivity index is 1.71. The lowest BCUT2D eigenvalue weighted by molar-refractivity contribution is -0.0421. The van der Waals surface area contributed by atoms with Crippen LogP contribution in [0.2, 0.25) is 0 Å². The van der Waals surface area contributed by atoms with E-state index in [0.717, 1.165) is 19.6 Å². The number of carbonyl (C=O) groups excluding carboxylic acids is 1. The summed E-state index contributed by atoms with van der Waals surface area (Å²) >= 11 is 0. The van der Waals surface area contributed by atoms with Gasteiger partial charge in [-0.2, -0.15) is 0 Å². The molecule has 1 heterocycles. The summed E-state index contributed by atoms with van der Waals surface area (Å²) in [5, 5.41) is 0. The zero-order chi connectivity index (χ0) is 11.4. The Labute approximate surface area is 94.8 Å². The number of benzene rings is 1. The molecule has 0 N–H and O–H groups in total. The maximum Gasteiger partial charge on any atom is 0.508 e. The average molecular weight is 221 g/mol. The number of hydrogen-bond acceptors (Lipinski definition) is 4. The third kappa shape index (κ3) is 2.73. The van der Waals surface area contributed by atoms with Gasteiger partial charge >= 0.3 is 6.16 Å². The number of likely N-dealkylation sites (tertiary alicyclic amines) is 1. The average Bonchev–Trinajstić information content (AvgIpc) is 2.27. The molecule has 0 aromatic heterocycles. The number of nitrogens with zero attached hydrogens (tertiary/aromatic N) is 1. The van der Waals surface area contributed by atoms with Gasteiger partial charge in [-0.25, -0.2) is 4.79 Å². The van der Waals surface area contributed by atoms with Gasteiger partial charge in [0.2, 0.25) is 0 Å². The molecule has 0 unspecified atom stereocenters. The van der Waals surface area contributed by atoms with E-state index >= 15 is 0 Å². The molecule has 1 saturated heterocycles. The van der Waals surface area contributed by atoms with Crippen LogP contribution in [0.1, 0.15) is 5.56 Å². The van der Waals surface area contributed by atoms with Crippen molar-refractivity contribution in [2.75, 3.05) is 20.2 Å². The predicted octanol–water partition coefficient (Wildman–Crippen LogP) is 1.65. The van der Waals surface area contributed by atoms with Crippen LogP contribution in [0.3, 0.4) is 0 Å². The standard InChI is InChI=1S/C12H15NO3/c1-15-12(14)16-11-8-13(9-11)7-10-5-3-2-4-6-10/h2-6,11H,7-9H2,1H3. The molecular weight excluding hydrogens is 206 g/mol. The zero-order valence-corrected chi connectivity index (χ0v) is 9.26. The van der Waals surface area contributed by atoms with E-state index in [-0.39, 0.29) is 6.10 Å². The van der Waals surface area contributed by atoms with Crippen LogP contribution in [0, 0.1) is 0 Å². The number of hydrogen-bond donors (Lipinski definition) is 0. The summed E-state index contributed by atoms with van der Waals surface area (Å²) in [6.07, 6.45) is -0.611.